The molecule has 0 saturated carbocycles. The molecule has 0 spiro atoms. The minimum Gasteiger partial charge on any atom is -0.379 e. The average Bonchev–Trinajstić information content (AvgIpc) is 2.81. The quantitative estimate of drug-likeness (QED) is 0.601. The number of halogens is 1. The SMILES string of the molecule is O=C(NCC(c1cccc(F)c1)N1CCOCC1)c1ccc(Sc2ccccn2)cc1. The van der Waals surface area contributed by atoms with E-state index in [4.69, 9.17) is 4.74 Å². The van der Waals surface area contributed by atoms with E-state index in [1.807, 2.05) is 48.5 Å². The van der Waals surface area contributed by atoms with Gasteiger partial charge < -0.3 is 10.1 Å². The highest BCUT2D eigenvalue weighted by molar-refractivity contribution is 7.99. The molecule has 1 atom stereocenters. The summed E-state index contributed by atoms with van der Waals surface area (Å²) in [7, 11) is 0. The molecule has 5 nitrogen and oxygen atoms in total. The van der Waals surface area contributed by atoms with Crippen molar-refractivity contribution in [1.82, 2.24) is 15.2 Å². The van der Waals surface area contributed by atoms with Gasteiger partial charge in [0.05, 0.1) is 19.3 Å². The molecule has 31 heavy (non-hydrogen) atoms. The maximum atomic E-state index is 13.8. The molecular formula is C24H24FN3O2S. The topological polar surface area (TPSA) is 54.5 Å². The molecular weight excluding hydrogens is 413 g/mol. The number of nitrogens with zero attached hydrogens (tertiary/aromatic N) is 2. The summed E-state index contributed by atoms with van der Waals surface area (Å²) >= 11 is 1.55. The van der Waals surface area contributed by atoms with Crippen LogP contribution in [0.15, 0.2) is 82.8 Å². The van der Waals surface area contributed by atoms with Crippen LogP contribution in [-0.2, 0) is 4.74 Å². The third-order valence-electron chi connectivity index (χ3n) is 5.15. The summed E-state index contributed by atoms with van der Waals surface area (Å²) in [4.78, 5) is 20.3. The molecule has 1 unspecified atom stereocenters. The van der Waals surface area contributed by atoms with Crippen LogP contribution in [0.25, 0.3) is 0 Å². The van der Waals surface area contributed by atoms with Crippen molar-refractivity contribution in [2.45, 2.75) is 16.0 Å². The number of hydrogen-bond donors (Lipinski definition) is 1. The molecule has 0 bridgehead atoms. The van der Waals surface area contributed by atoms with Crippen LogP contribution in [0.4, 0.5) is 4.39 Å². The number of ether oxygens (including phenoxy) is 1. The predicted molar refractivity (Wildman–Crippen MR) is 119 cm³/mol. The van der Waals surface area contributed by atoms with Crippen LogP contribution in [-0.4, -0.2) is 48.6 Å². The molecule has 7 heteroatoms. The van der Waals surface area contributed by atoms with Gasteiger partial charge >= 0.3 is 0 Å². The lowest BCUT2D eigenvalue weighted by Crippen LogP contribution is -2.43. The van der Waals surface area contributed by atoms with Gasteiger partial charge in [-0.3, -0.25) is 9.69 Å². The monoisotopic (exact) mass is 437 g/mol. The molecule has 1 saturated heterocycles. The second-order valence-electron chi connectivity index (χ2n) is 7.22. The summed E-state index contributed by atoms with van der Waals surface area (Å²) in [6.07, 6.45) is 1.76. The van der Waals surface area contributed by atoms with Gasteiger partial charge in [0.1, 0.15) is 10.8 Å². The number of nitrogens with one attached hydrogen (secondary N) is 1. The molecule has 0 radical (unpaired) electrons. The number of morpholine rings is 1. The number of aromatic nitrogens is 1. The van der Waals surface area contributed by atoms with Crippen molar-refractivity contribution in [1.29, 1.82) is 0 Å². The number of carbonyl (C=O) groups excluding carboxylic acids is 1. The molecule has 1 fully saturated rings. The molecule has 4 rings (SSSR count). The van der Waals surface area contributed by atoms with Crippen LogP contribution < -0.4 is 5.32 Å². The van der Waals surface area contributed by atoms with Gasteiger partial charge in [-0.25, -0.2) is 9.37 Å². The maximum Gasteiger partial charge on any atom is 0.251 e. The lowest BCUT2D eigenvalue weighted by Gasteiger charge is -2.35. The van der Waals surface area contributed by atoms with Crippen LogP contribution >= 0.6 is 11.8 Å². The minimum atomic E-state index is -0.275. The van der Waals surface area contributed by atoms with E-state index in [0.29, 0.717) is 25.3 Å². The largest absolute Gasteiger partial charge is 0.379 e. The standard InChI is InChI=1S/C24H24FN3O2S/c25-20-5-3-4-19(16-20)22(28-12-14-30-15-13-28)17-27-24(29)18-7-9-21(10-8-18)31-23-6-1-2-11-26-23/h1-11,16,22H,12-15,17H2,(H,27,29). The molecule has 0 aliphatic carbocycles. The maximum absolute atomic E-state index is 13.8. The van der Waals surface area contributed by atoms with Crippen LogP contribution in [0.5, 0.6) is 0 Å². The van der Waals surface area contributed by atoms with Crippen molar-refractivity contribution >= 4 is 17.7 Å². The van der Waals surface area contributed by atoms with Gasteiger partial charge in [-0.2, -0.15) is 0 Å². The van der Waals surface area contributed by atoms with E-state index in [0.717, 1.165) is 28.6 Å². The number of amides is 1. The highest BCUT2D eigenvalue weighted by atomic mass is 32.2. The van der Waals surface area contributed by atoms with Gasteiger partial charge in [-0.15, -0.1) is 0 Å². The van der Waals surface area contributed by atoms with Crippen LogP contribution in [0, 0.1) is 5.82 Å². The fourth-order valence-electron chi connectivity index (χ4n) is 3.55. The molecule has 1 aliphatic heterocycles. The Hall–Kier alpha value is -2.74. The third kappa shape index (κ3) is 5.91. The van der Waals surface area contributed by atoms with E-state index in [1.165, 1.54) is 12.1 Å². The molecule has 1 amide bonds. The summed E-state index contributed by atoms with van der Waals surface area (Å²) in [5, 5.41) is 3.93. The Morgan fingerprint density at radius 3 is 2.61 bits per heavy atom. The second-order valence-corrected chi connectivity index (χ2v) is 8.32. The van der Waals surface area contributed by atoms with E-state index in [9.17, 15) is 9.18 Å². The number of pyridine rings is 1. The summed E-state index contributed by atoms with van der Waals surface area (Å²) in [6.45, 7) is 3.16. The van der Waals surface area contributed by atoms with Gasteiger partial charge in [-0.1, -0.05) is 30.0 Å². The molecule has 2 heterocycles. The lowest BCUT2D eigenvalue weighted by atomic mass is 10.0. The van der Waals surface area contributed by atoms with Crippen molar-refractivity contribution in [2.75, 3.05) is 32.8 Å². The zero-order chi connectivity index (χ0) is 21.5. The smallest absolute Gasteiger partial charge is 0.251 e. The number of benzene rings is 2. The highest BCUT2D eigenvalue weighted by Gasteiger charge is 2.23. The number of rotatable bonds is 7. The van der Waals surface area contributed by atoms with Gasteiger partial charge in [0.2, 0.25) is 0 Å². The zero-order valence-corrected chi connectivity index (χ0v) is 17.9. The Morgan fingerprint density at radius 1 is 1.10 bits per heavy atom. The molecule has 3 aromatic rings. The molecule has 1 N–H and O–H groups in total. The van der Waals surface area contributed by atoms with Crippen LogP contribution in [0.1, 0.15) is 22.0 Å². The van der Waals surface area contributed by atoms with Crippen molar-refractivity contribution in [3.05, 3.63) is 89.9 Å². The van der Waals surface area contributed by atoms with Crippen molar-refractivity contribution in [2.24, 2.45) is 0 Å². The fraction of sp³-hybridized carbons (Fsp3) is 0.250. The Labute approximate surface area is 185 Å². The van der Waals surface area contributed by atoms with E-state index in [1.54, 1.807) is 24.0 Å². The average molecular weight is 438 g/mol. The molecule has 160 valence electrons. The first kappa shape index (κ1) is 21.5. The van der Waals surface area contributed by atoms with Gasteiger partial charge in [0.15, 0.2) is 0 Å². The summed E-state index contributed by atoms with van der Waals surface area (Å²) in [6, 6.07) is 19.7. The normalized spacial score (nSPS) is 15.4. The van der Waals surface area contributed by atoms with Crippen molar-refractivity contribution < 1.29 is 13.9 Å². The Kier molecular flexibility index (Phi) is 7.30. The summed E-state index contributed by atoms with van der Waals surface area (Å²) in [5.41, 5.74) is 1.44. The number of hydrogen-bond acceptors (Lipinski definition) is 5. The van der Waals surface area contributed by atoms with Crippen molar-refractivity contribution in [3.8, 4) is 0 Å². The second kappa shape index (κ2) is 10.5. The molecule has 1 aliphatic rings. The van der Waals surface area contributed by atoms with Gasteiger partial charge in [0.25, 0.3) is 5.91 Å². The third-order valence-corrected chi connectivity index (χ3v) is 6.11. The number of carbonyl (C=O) groups is 1. The minimum absolute atomic E-state index is 0.109. The Balaban J connectivity index is 1.41. The Morgan fingerprint density at radius 2 is 1.90 bits per heavy atom. The van der Waals surface area contributed by atoms with E-state index in [-0.39, 0.29) is 17.8 Å². The molecule has 1 aromatic heterocycles. The molecule has 2 aromatic carbocycles. The Bertz CT molecular complexity index is 995. The van der Waals surface area contributed by atoms with Crippen LogP contribution in [0.2, 0.25) is 0 Å². The van der Waals surface area contributed by atoms with Crippen molar-refractivity contribution in [3.63, 3.8) is 0 Å². The predicted octanol–water partition coefficient (Wildman–Crippen LogP) is 4.18. The van der Waals surface area contributed by atoms with Crippen LogP contribution in [0.3, 0.4) is 0 Å². The first-order chi connectivity index (χ1) is 15.2. The van der Waals surface area contributed by atoms with E-state index >= 15 is 0 Å². The van der Waals surface area contributed by atoms with Gasteiger partial charge in [-0.05, 0) is 54.1 Å². The highest BCUT2D eigenvalue weighted by Crippen LogP contribution is 2.26. The first-order valence-electron chi connectivity index (χ1n) is 10.2. The van der Waals surface area contributed by atoms with Gasteiger partial charge in [0, 0.05) is 36.3 Å². The summed E-state index contributed by atoms with van der Waals surface area (Å²) in [5.74, 6) is -0.424. The zero-order valence-electron chi connectivity index (χ0n) is 17.0. The fourth-order valence-corrected chi connectivity index (χ4v) is 4.33. The first-order valence-corrected chi connectivity index (χ1v) is 11.0. The van der Waals surface area contributed by atoms with E-state index < -0.39 is 0 Å². The summed E-state index contributed by atoms with van der Waals surface area (Å²) < 4.78 is 19.3. The van der Waals surface area contributed by atoms with E-state index in [2.05, 4.69) is 15.2 Å². The lowest BCUT2D eigenvalue weighted by molar-refractivity contribution is 0.0162.